The summed E-state index contributed by atoms with van der Waals surface area (Å²) in [6.45, 7) is 0. The molecular weight excluding hydrogens is 232 g/mol. The number of Topliss-reactive ketones (excluding diaryl/α,β-unsaturated/α-hetero) is 3. The van der Waals surface area contributed by atoms with Crippen molar-refractivity contribution in [2.24, 2.45) is 0 Å². The Morgan fingerprint density at radius 2 is 1.56 bits per heavy atom. The number of hydrogen-bond donors (Lipinski definition) is 0. The third kappa shape index (κ3) is 1.96. The van der Waals surface area contributed by atoms with Crippen molar-refractivity contribution >= 4 is 34.4 Å². The number of ketones is 3. The molecule has 0 amide bonds. The Bertz CT molecular complexity index is 665. The fraction of sp³-hybridized carbons (Fsp3) is 0. The molecule has 2 aromatic rings. The van der Waals surface area contributed by atoms with E-state index in [4.69, 9.17) is 0 Å². The maximum Gasteiger partial charge on any atom is 0.276 e. The van der Waals surface area contributed by atoms with Crippen molar-refractivity contribution in [3.05, 3.63) is 48.0 Å². The van der Waals surface area contributed by atoms with Crippen molar-refractivity contribution < 1.29 is 19.2 Å². The Labute approximate surface area is 102 Å². The van der Waals surface area contributed by atoms with Gasteiger partial charge < -0.3 is 0 Å². The third-order valence-electron chi connectivity index (χ3n) is 2.57. The van der Waals surface area contributed by atoms with Gasteiger partial charge in [0, 0.05) is 5.56 Å². The van der Waals surface area contributed by atoms with Gasteiger partial charge in [0.05, 0.1) is 0 Å². The van der Waals surface area contributed by atoms with Crippen LogP contribution >= 0.6 is 0 Å². The molecule has 0 aliphatic carbocycles. The summed E-state index contributed by atoms with van der Waals surface area (Å²) in [7, 11) is 0. The summed E-state index contributed by atoms with van der Waals surface area (Å²) < 4.78 is 0. The predicted octanol–water partition coefficient (Wildman–Crippen LogP) is 1.36. The second-order valence-corrected chi connectivity index (χ2v) is 3.67. The molecule has 0 fully saturated rings. The first-order chi connectivity index (χ1) is 8.65. The first kappa shape index (κ1) is 11.9. The average molecular weight is 240 g/mol. The Morgan fingerprint density at radius 1 is 0.889 bits per heavy atom. The van der Waals surface area contributed by atoms with Gasteiger partial charge in [0.15, 0.2) is 6.29 Å². The highest BCUT2D eigenvalue weighted by Crippen LogP contribution is 2.19. The van der Waals surface area contributed by atoms with E-state index in [1.54, 1.807) is 36.4 Å². The smallest absolute Gasteiger partial charge is 0.276 e. The summed E-state index contributed by atoms with van der Waals surface area (Å²) in [5.41, 5.74) is 0.133. The number of hydrogen-bond acceptors (Lipinski definition) is 4. The van der Waals surface area contributed by atoms with Crippen LogP contribution in [0.3, 0.4) is 0 Å². The second kappa shape index (κ2) is 4.71. The van der Waals surface area contributed by atoms with E-state index in [0.29, 0.717) is 5.39 Å². The molecule has 4 nitrogen and oxygen atoms in total. The lowest BCUT2D eigenvalue weighted by atomic mass is 9.98. The van der Waals surface area contributed by atoms with Crippen LogP contribution in [0.25, 0.3) is 10.8 Å². The van der Waals surface area contributed by atoms with E-state index in [0.717, 1.165) is 5.39 Å². The number of carbonyl (C=O) groups excluding carboxylic acids is 4. The van der Waals surface area contributed by atoms with Crippen LogP contribution in [0.2, 0.25) is 0 Å². The van der Waals surface area contributed by atoms with Crippen molar-refractivity contribution in [3.8, 4) is 0 Å². The van der Waals surface area contributed by atoms with Gasteiger partial charge in [-0.3, -0.25) is 19.2 Å². The minimum Gasteiger partial charge on any atom is -0.294 e. The van der Waals surface area contributed by atoms with Gasteiger partial charge in [-0.2, -0.15) is 0 Å². The summed E-state index contributed by atoms with van der Waals surface area (Å²) in [5, 5.41) is 1.37. The molecule has 0 N–H and O–H groups in total. The zero-order chi connectivity index (χ0) is 13.1. The van der Waals surface area contributed by atoms with Gasteiger partial charge in [0.1, 0.15) is 0 Å². The predicted molar refractivity (Wildman–Crippen MR) is 64.4 cm³/mol. The normalized spacial score (nSPS) is 10.0. The maximum absolute atomic E-state index is 11.8. The van der Waals surface area contributed by atoms with Crippen LogP contribution in [0.5, 0.6) is 0 Å². The number of carbonyl (C=O) groups is 4. The lowest BCUT2D eigenvalue weighted by Crippen LogP contribution is -2.24. The highest BCUT2D eigenvalue weighted by molar-refractivity contribution is 6.77. The molecule has 0 aliphatic heterocycles. The van der Waals surface area contributed by atoms with Gasteiger partial charge in [-0.25, -0.2) is 0 Å². The molecular formula is C14H8O4. The molecule has 0 unspecified atom stereocenters. The fourth-order valence-corrected chi connectivity index (χ4v) is 1.71. The Hall–Kier alpha value is -2.62. The van der Waals surface area contributed by atoms with Gasteiger partial charge >= 0.3 is 0 Å². The van der Waals surface area contributed by atoms with Crippen molar-refractivity contribution in [1.82, 2.24) is 0 Å². The highest BCUT2D eigenvalue weighted by atomic mass is 16.2. The molecule has 0 aromatic heterocycles. The Kier molecular flexibility index (Phi) is 3.10. The van der Waals surface area contributed by atoms with E-state index in [1.807, 2.05) is 0 Å². The van der Waals surface area contributed by atoms with Crippen molar-refractivity contribution in [2.45, 2.75) is 0 Å². The van der Waals surface area contributed by atoms with E-state index in [1.165, 1.54) is 6.07 Å². The lowest BCUT2D eigenvalue weighted by molar-refractivity contribution is -0.138. The zero-order valence-corrected chi connectivity index (χ0v) is 9.25. The molecule has 0 aliphatic rings. The van der Waals surface area contributed by atoms with Crippen LogP contribution in [0, 0.1) is 0 Å². The maximum atomic E-state index is 11.8. The Balaban J connectivity index is 2.55. The Morgan fingerprint density at radius 3 is 2.28 bits per heavy atom. The van der Waals surface area contributed by atoms with Crippen molar-refractivity contribution in [1.29, 1.82) is 0 Å². The molecule has 4 heteroatoms. The quantitative estimate of drug-likeness (QED) is 0.350. The molecule has 88 valence electrons. The molecule has 18 heavy (non-hydrogen) atoms. The van der Waals surface area contributed by atoms with Gasteiger partial charge in [-0.1, -0.05) is 42.5 Å². The summed E-state index contributed by atoms with van der Waals surface area (Å²) in [5.74, 6) is -3.59. The van der Waals surface area contributed by atoms with Crippen molar-refractivity contribution in [2.75, 3.05) is 0 Å². The van der Waals surface area contributed by atoms with Crippen LogP contribution in [-0.2, 0) is 14.4 Å². The molecule has 0 saturated heterocycles. The highest BCUT2D eigenvalue weighted by Gasteiger charge is 2.24. The molecule has 0 radical (unpaired) electrons. The number of benzene rings is 2. The number of fused-ring (bicyclic) bond motifs is 1. The van der Waals surface area contributed by atoms with Gasteiger partial charge in [0.25, 0.3) is 11.6 Å². The van der Waals surface area contributed by atoms with E-state index < -0.39 is 17.3 Å². The molecule has 0 saturated carbocycles. The minimum absolute atomic E-state index is 0.133. The summed E-state index contributed by atoms with van der Waals surface area (Å²) >= 11 is 0. The summed E-state index contributed by atoms with van der Waals surface area (Å²) in [6.07, 6.45) is -0.147. The van der Waals surface area contributed by atoms with Crippen LogP contribution in [0.1, 0.15) is 10.4 Å². The monoisotopic (exact) mass is 240 g/mol. The largest absolute Gasteiger partial charge is 0.294 e. The standard InChI is InChI=1S/C14H8O4/c15-8-12(16)14(18)13(17)11-7-3-5-9-4-1-2-6-10(9)11/h1-8H. The van der Waals surface area contributed by atoms with Gasteiger partial charge in [-0.15, -0.1) is 0 Å². The fourth-order valence-electron chi connectivity index (χ4n) is 1.71. The first-order valence-electron chi connectivity index (χ1n) is 5.21. The molecule has 0 heterocycles. The minimum atomic E-state index is -1.33. The first-order valence-corrected chi connectivity index (χ1v) is 5.21. The molecule has 2 rings (SSSR count). The summed E-state index contributed by atoms with van der Waals surface area (Å²) in [6, 6.07) is 11.9. The molecule has 0 atom stereocenters. The number of rotatable bonds is 4. The zero-order valence-electron chi connectivity index (χ0n) is 9.25. The van der Waals surface area contributed by atoms with E-state index in [2.05, 4.69) is 0 Å². The number of aldehydes is 1. The van der Waals surface area contributed by atoms with E-state index in [9.17, 15) is 19.2 Å². The average Bonchev–Trinajstić information content (AvgIpc) is 2.44. The van der Waals surface area contributed by atoms with Crippen LogP contribution in [0.4, 0.5) is 0 Å². The SMILES string of the molecule is O=CC(=O)C(=O)C(=O)c1cccc2ccccc12. The third-order valence-corrected chi connectivity index (χ3v) is 2.57. The molecule has 0 spiro atoms. The summed E-state index contributed by atoms with van der Waals surface area (Å²) in [4.78, 5) is 44.4. The van der Waals surface area contributed by atoms with E-state index >= 15 is 0 Å². The van der Waals surface area contributed by atoms with Crippen LogP contribution in [0.15, 0.2) is 42.5 Å². The molecule has 2 aromatic carbocycles. The lowest BCUT2D eigenvalue weighted by Gasteiger charge is -2.03. The second-order valence-electron chi connectivity index (χ2n) is 3.67. The van der Waals surface area contributed by atoms with E-state index in [-0.39, 0.29) is 11.8 Å². The van der Waals surface area contributed by atoms with Gasteiger partial charge in [0.2, 0.25) is 5.78 Å². The topological polar surface area (TPSA) is 68.3 Å². The van der Waals surface area contributed by atoms with Crippen LogP contribution < -0.4 is 0 Å². The van der Waals surface area contributed by atoms with Gasteiger partial charge in [-0.05, 0) is 10.8 Å². The van der Waals surface area contributed by atoms with Crippen LogP contribution in [-0.4, -0.2) is 23.6 Å². The van der Waals surface area contributed by atoms with Crippen molar-refractivity contribution in [3.63, 3.8) is 0 Å². The molecule has 0 bridgehead atoms.